The van der Waals surface area contributed by atoms with Gasteiger partial charge in [-0.1, -0.05) is 237 Å². The predicted octanol–water partition coefficient (Wildman–Crippen LogP) is 29.6. The van der Waals surface area contributed by atoms with Crippen molar-refractivity contribution in [3.05, 3.63) is 419 Å². The van der Waals surface area contributed by atoms with Gasteiger partial charge in [0.05, 0.1) is 77.2 Å². The van der Waals surface area contributed by atoms with Crippen LogP contribution in [0.15, 0.2) is 419 Å². The van der Waals surface area contributed by atoms with E-state index < -0.39 is 0 Å². The third-order valence-electron chi connectivity index (χ3n) is 25.7. The zero-order chi connectivity index (χ0) is 77.7. The van der Waals surface area contributed by atoms with Gasteiger partial charge in [0.2, 0.25) is 0 Å². The third kappa shape index (κ3) is 9.49. The lowest BCUT2D eigenvalue weighted by molar-refractivity contribution is 1.16. The summed E-state index contributed by atoms with van der Waals surface area (Å²) in [4.78, 5) is 0. The Bertz CT molecular complexity index is 8850. The number of fused-ring (bicyclic) bond motifs is 15. The van der Waals surface area contributed by atoms with Gasteiger partial charge < -0.3 is 32.0 Å². The Kier molecular flexibility index (Phi) is 13.9. The minimum absolute atomic E-state index is 1.15. The molecule has 0 radical (unpaired) electrons. The van der Waals surface area contributed by atoms with Gasteiger partial charge in [-0.3, -0.25) is 0 Å². The standard InChI is InChI=1S/C62H38N4.C50H31N3/c1-3-15-41(16-4-1)63-53-22-10-8-20-47(53)51-37-43(28-33-57(51)63)65-55-24-12-7-19-46(55)50-36-40(27-32-56(50)65)45-31-35-60-62-49(45)30-26-39-14-13-25-59(61(39)62)66(60)44-29-34-58-52(38-44)48-21-9-11-23-54(48)64(58)42-17-5-2-6-18-42;1-3-13-34(14-4-1)51-43-19-9-8-18-39(43)42-31-36(24-28-46(42)51)53-44-20-10-7-17-38(44)41-30-33(23-27-45(41)53)37-26-29-48-50-40(37)25-22-32-12-11-21-47(49(32)50)52(48)35-15-5-2-6-16-35/h1-38H;1-31H. The van der Waals surface area contributed by atoms with E-state index in [0.29, 0.717) is 0 Å². The zero-order valence-electron chi connectivity index (χ0n) is 64.5. The highest BCUT2D eigenvalue weighted by atomic mass is 15.0. The van der Waals surface area contributed by atoms with Gasteiger partial charge in [0.25, 0.3) is 0 Å². The number of benzene rings is 20. The molecular formula is C112H69N7. The minimum Gasteiger partial charge on any atom is -0.309 e. The van der Waals surface area contributed by atoms with Crippen molar-refractivity contribution in [2.75, 3.05) is 0 Å². The second-order valence-corrected chi connectivity index (χ2v) is 31.8. The fraction of sp³-hybridized carbons (Fsp3) is 0. The third-order valence-corrected chi connectivity index (χ3v) is 25.7. The summed E-state index contributed by atoms with van der Waals surface area (Å²) >= 11 is 0. The highest BCUT2D eigenvalue weighted by Gasteiger charge is 2.26. The molecule has 20 aromatic carbocycles. The van der Waals surface area contributed by atoms with Gasteiger partial charge in [-0.2, -0.15) is 0 Å². The van der Waals surface area contributed by atoms with E-state index in [1.165, 1.54) is 219 Å². The molecule has 0 fully saturated rings. The van der Waals surface area contributed by atoms with Gasteiger partial charge in [-0.25, -0.2) is 0 Å². The Morgan fingerprint density at radius 2 is 0.353 bits per heavy atom. The summed E-state index contributed by atoms with van der Waals surface area (Å²) < 4.78 is 16.9. The first-order valence-electron chi connectivity index (χ1n) is 41.0. The van der Waals surface area contributed by atoms with Crippen molar-refractivity contribution < 1.29 is 0 Å². The molecule has 0 spiro atoms. The maximum atomic E-state index is 2.48. The number of rotatable bonds is 9. The van der Waals surface area contributed by atoms with Crippen molar-refractivity contribution in [1.82, 2.24) is 32.0 Å². The molecule has 0 atom stereocenters. The van der Waals surface area contributed by atoms with E-state index in [9.17, 15) is 0 Å². The molecule has 7 heteroatoms. The number of hydrogen-bond donors (Lipinski definition) is 0. The molecule has 0 unspecified atom stereocenters. The van der Waals surface area contributed by atoms with Gasteiger partial charge >= 0.3 is 0 Å². The van der Waals surface area contributed by atoms with Crippen LogP contribution in [0.4, 0.5) is 0 Å². The topological polar surface area (TPSA) is 34.5 Å². The maximum Gasteiger partial charge on any atom is 0.0547 e. The number of para-hydroxylation sites is 9. The maximum absolute atomic E-state index is 2.48. The molecule has 0 bridgehead atoms. The molecular weight excluding hydrogens is 1440 g/mol. The summed E-state index contributed by atoms with van der Waals surface area (Å²) in [6.07, 6.45) is 0. The first-order valence-corrected chi connectivity index (χ1v) is 41.0. The second-order valence-electron chi connectivity index (χ2n) is 31.8. The first-order chi connectivity index (χ1) is 59.1. The smallest absolute Gasteiger partial charge is 0.0547 e. The van der Waals surface area contributed by atoms with Gasteiger partial charge in [-0.15, -0.1) is 0 Å². The van der Waals surface area contributed by atoms with Crippen molar-refractivity contribution in [2.24, 2.45) is 0 Å². The van der Waals surface area contributed by atoms with Crippen LogP contribution in [-0.2, 0) is 0 Å². The van der Waals surface area contributed by atoms with Crippen LogP contribution in [0.3, 0.4) is 0 Å². The molecule has 0 amide bonds. The monoisotopic (exact) mass is 1510 g/mol. The minimum atomic E-state index is 1.15. The van der Waals surface area contributed by atoms with Gasteiger partial charge in [0, 0.05) is 115 Å². The summed E-state index contributed by atoms with van der Waals surface area (Å²) in [5.74, 6) is 0. The largest absolute Gasteiger partial charge is 0.309 e. The molecule has 119 heavy (non-hydrogen) atoms. The molecule has 0 aliphatic heterocycles. The van der Waals surface area contributed by atoms with E-state index in [4.69, 9.17) is 0 Å². The van der Waals surface area contributed by atoms with Gasteiger partial charge in [0.15, 0.2) is 0 Å². The van der Waals surface area contributed by atoms with E-state index in [0.717, 1.165) is 17.1 Å². The molecule has 0 aliphatic rings. The Morgan fingerprint density at radius 3 is 0.681 bits per heavy atom. The van der Waals surface area contributed by atoms with Crippen LogP contribution in [0, 0.1) is 0 Å². The fourth-order valence-corrected chi connectivity index (χ4v) is 20.7. The lowest BCUT2D eigenvalue weighted by atomic mass is 9.94. The van der Waals surface area contributed by atoms with Crippen LogP contribution < -0.4 is 0 Å². The lowest BCUT2D eigenvalue weighted by Crippen LogP contribution is -1.96. The van der Waals surface area contributed by atoms with Crippen LogP contribution in [-0.4, -0.2) is 32.0 Å². The van der Waals surface area contributed by atoms with Crippen molar-refractivity contribution in [1.29, 1.82) is 0 Å². The van der Waals surface area contributed by atoms with Gasteiger partial charge in [0.1, 0.15) is 0 Å². The van der Waals surface area contributed by atoms with Crippen LogP contribution in [0.1, 0.15) is 0 Å². The Morgan fingerprint density at radius 1 is 0.118 bits per heavy atom. The predicted molar refractivity (Wildman–Crippen MR) is 502 cm³/mol. The molecule has 0 aliphatic carbocycles. The van der Waals surface area contributed by atoms with E-state index in [1.807, 2.05) is 0 Å². The molecule has 552 valence electrons. The van der Waals surface area contributed by atoms with E-state index in [1.54, 1.807) is 0 Å². The van der Waals surface area contributed by atoms with E-state index >= 15 is 0 Å². The highest BCUT2D eigenvalue weighted by Crippen LogP contribution is 2.49. The summed E-state index contributed by atoms with van der Waals surface area (Å²) in [7, 11) is 0. The molecule has 7 aromatic heterocycles. The number of aromatic nitrogens is 7. The molecule has 0 N–H and O–H groups in total. The van der Waals surface area contributed by atoms with Crippen molar-refractivity contribution in [3.63, 3.8) is 0 Å². The summed E-state index contributed by atoms with van der Waals surface area (Å²) in [5, 5.41) is 22.8. The molecule has 27 aromatic rings. The summed E-state index contributed by atoms with van der Waals surface area (Å²) in [5.41, 5.74) is 30.1. The normalized spacial score (nSPS) is 12.2. The summed E-state index contributed by atoms with van der Waals surface area (Å²) in [6.45, 7) is 0. The van der Waals surface area contributed by atoms with E-state index in [-0.39, 0.29) is 0 Å². The highest BCUT2D eigenvalue weighted by molar-refractivity contribution is 6.29. The number of hydrogen-bond acceptors (Lipinski definition) is 0. The van der Waals surface area contributed by atoms with Crippen molar-refractivity contribution >= 4 is 174 Å². The molecule has 7 heterocycles. The van der Waals surface area contributed by atoms with Crippen molar-refractivity contribution in [3.8, 4) is 62.1 Å². The molecule has 0 saturated carbocycles. The quantitative estimate of drug-likeness (QED) is 0.129. The van der Waals surface area contributed by atoms with Crippen LogP contribution >= 0.6 is 0 Å². The molecule has 7 nitrogen and oxygen atoms in total. The average Bonchev–Trinajstić information content (AvgIpc) is 1.58. The van der Waals surface area contributed by atoms with Crippen LogP contribution in [0.25, 0.3) is 236 Å². The molecule has 27 rings (SSSR count). The Balaban J connectivity index is 0.000000132. The Hall–Kier alpha value is -16.0. The van der Waals surface area contributed by atoms with Crippen molar-refractivity contribution in [2.45, 2.75) is 0 Å². The lowest BCUT2D eigenvalue weighted by Gasteiger charge is -2.12. The average molecular weight is 1510 g/mol. The molecule has 0 saturated heterocycles. The Labute approximate surface area is 682 Å². The van der Waals surface area contributed by atoms with Gasteiger partial charge in [-0.05, 0) is 226 Å². The van der Waals surface area contributed by atoms with E-state index in [2.05, 4.69) is 451 Å². The SMILES string of the molecule is c1ccc(-n2c3ccccc3c3cc(-n4c5ccccc5c5cc(-c6ccc7c8c6ccc6cccc(c68)n7-c6ccc7c(c6)c6ccccc6n7-c6ccccc6)ccc54)ccc32)cc1.c1ccc(-n2c3ccccc3c3cc(-n4c5ccccc5c5cc(-c6ccc7c8c6ccc6cccc(c68)n7-c6ccccc6)ccc54)ccc32)cc1. The fourth-order valence-electron chi connectivity index (χ4n) is 20.7. The first kappa shape index (κ1) is 65.4. The zero-order valence-corrected chi connectivity index (χ0v) is 64.5. The van der Waals surface area contributed by atoms with Crippen LogP contribution in [0.5, 0.6) is 0 Å². The second kappa shape index (κ2) is 25.3. The van der Waals surface area contributed by atoms with Crippen LogP contribution in [0.2, 0.25) is 0 Å². The summed E-state index contributed by atoms with van der Waals surface area (Å²) in [6, 6.07) is 154. The number of nitrogens with zero attached hydrogens (tertiary/aromatic N) is 7.